The minimum Gasteiger partial charge on any atom is -0.293 e. The molecule has 0 aromatic rings. The molecular weight excluding hydrogens is 172 g/mol. The maximum atomic E-state index is 8.85. The van der Waals surface area contributed by atoms with Gasteiger partial charge in [0, 0.05) is 12.3 Å². The molecule has 0 saturated heterocycles. The molecule has 2 nitrogen and oxygen atoms in total. The monoisotopic (exact) mass is 192 g/mol. The average Bonchev–Trinajstić information content (AvgIpc) is 2.65. The largest absolute Gasteiger partial charge is 0.293 e. The molecule has 1 unspecified atom stereocenters. The van der Waals surface area contributed by atoms with Crippen molar-refractivity contribution in [3.63, 3.8) is 0 Å². The first kappa shape index (κ1) is 11.2. The van der Waals surface area contributed by atoms with Crippen LogP contribution in [0.25, 0.3) is 0 Å². The zero-order chi connectivity index (χ0) is 10.2. The van der Waals surface area contributed by atoms with Crippen LogP contribution in [0, 0.1) is 17.2 Å². The van der Waals surface area contributed by atoms with Crippen LogP contribution >= 0.6 is 0 Å². The predicted molar refractivity (Wildman–Crippen MR) is 59.4 cm³/mol. The van der Waals surface area contributed by atoms with E-state index in [9.17, 15) is 0 Å². The van der Waals surface area contributed by atoms with Gasteiger partial charge >= 0.3 is 0 Å². The van der Waals surface area contributed by atoms with Crippen LogP contribution in [0.1, 0.15) is 51.9 Å². The van der Waals surface area contributed by atoms with Gasteiger partial charge in [-0.1, -0.05) is 26.2 Å². The molecule has 1 atom stereocenters. The molecule has 1 aliphatic rings. The molecule has 0 amide bonds. The van der Waals surface area contributed by atoms with Gasteiger partial charge in [0.2, 0.25) is 0 Å². The summed E-state index contributed by atoms with van der Waals surface area (Å²) in [6, 6.07) is 2.34. The van der Waals surface area contributed by atoms with Crippen LogP contribution < -0.4 is 0 Å². The minimum atomic E-state index is 0.140. The molecule has 0 aromatic carbocycles. The van der Waals surface area contributed by atoms with Crippen LogP contribution in [0.3, 0.4) is 0 Å². The van der Waals surface area contributed by atoms with Gasteiger partial charge in [-0.25, -0.2) is 0 Å². The lowest BCUT2D eigenvalue weighted by Gasteiger charge is -2.01. The van der Waals surface area contributed by atoms with Crippen molar-refractivity contribution in [3.8, 4) is 6.07 Å². The van der Waals surface area contributed by atoms with Gasteiger partial charge in [-0.05, 0) is 25.7 Å². The summed E-state index contributed by atoms with van der Waals surface area (Å²) in [7, 11) is 0. The Morgan fingerprint density at radius 1 is 1.43 bits per heavy atom. The maximum absolute atomic E-state index is 8.85. The third-order valence-electron chi connectivity index (χ3n) is 2.81. The SMILES string of the molecule is CCCCCCN=C1CCCC1C#N. The molecule has 0 spiro atoms. The first-order chi connectivity index (χ1) is 6.88. The van der Waals surface area contributed by atoms with Gasteiger partial charge in [-0.15, -0.1) is 0 Å². The van der Waals surface area contributed by atoms with E-state index in [0.29, 0.717) is 0 Å². The van der Waals surface area contributed by atoms with Gasteiger partial charge in [-0.2, -0.15) is 5.26 Å². The Labute approximate surface area is 87.0 Å². The second-order valence-electron chi connectivity index (χ2n) is 4.01. The topological polar surface area (TPSA) is 36.1 Å². The molecule has 2 heteroatoms. The quantitative estimate of drug-likeness (QED) is 0.615. The van der Waals surface area contributed by atoms with Crippen LogP contribution in [-0.4, -0.2) is 12.3 Å². The molecular formula is C12H20N2. The van der Waals surface area contributed by atoms with Crippen LogP contribution in [-0.2, 0) is 0 Å². The van der Waals surface area contributed by atoms with Crippen LogP contribution in [0.15, 0.2) is 4.99 Å². The first-order valence-corrected chi connectivity index (χ1v) is 5.81. The van der Waals surface area contributed by atoms with Crippen LogP contribution in [0.5, 0.6) is 0 Å². The summed E-state index contributed by atoms with van der Waals surface area (Å²) >= 11 is 0. The lowest BCUT2D eigenvalue weighted by Crippen LogP contribution is -2.04. The summed E-state index contributed by atoms with van der Waals surface area (Å²) in [5.74, 6) is 0.140. The van der Waals surface area contributed by atoms with E-state index in [1.54, 1.807) is 0 Å². The highest BCUT2D eigenvalue weighted by atomic mass is 14.7. The zero-order valence-corrected chi connectivity index (χ0v) is 9.13. The van der Waals surface area contributed by atoms with Crippen molar-refractivity contribution in [2.75, 3.05) is 6.54 Å². The van der Waals surface area contributed by atoms with E-state index < -0.39 is 0 Å². The molecule has 1 saturated carbocycles. The lowest BCUT2D eigenvalue weighted by molar-refractivity contribution is 0.673. The molecule has 0 N–H and O–H groups in total. The zero-order valence-electron chi connectivity index (χ0n) is 9.13. The molecule has 0 radical (unpaired) electrons. The van der Waals surface area contributed by atoms with Gasteiger partial charge in [-0.3, -0.25) is 4.99 Å². The Bertz CT molecular complexity index is 225. The molecule has 0 aliphatic heterocycles. The Morgan fingerprint density at radius 3 is 3.00 bits per heavy atom. The van der Waals surface area contributed by atoms with E-state index in [0.717, 1.165) is 25.8 Å². The van der Waals surface area contributed by atoms with E-state index >= 15 is 0 Å². The van der Waals surface area contributed by atoms with Crippen molar-refractivity contribution in [1.82, 2.24) is 0 Å². The Morgan fingerprint density at radius 2 is 2.29 bits per heavy atom. The third-order valence-corrected chi connectivity index (χ3v) is 2.81. The molecule has 1 fully saturated rings. The number of unbranched alkanes of at least 4 members (excludes halogenated alkanes) is 3. The van der Waals surface area contributed by atoms with Gasteiger partial charge in [0.15, 0.2) is 0 Å². The fraction of sp³-hybridized carbons (Fsp3) is 0.833. The Balaban J connectivity index is 2.20. The fourth-order valence-electron chi connectivity index (χ4n) is 1.92. The van der Waals surface area contributed by atoms with E-state index in [-0.39, 0.29) is 5.92 Å². The second kappa shape index (κ2) is 6.59. The average molecular weight is 192 g/mol. The normalized spacial score (nSPS) is 24.0. The molecule has 1 aliphatic carbocycles. The van der Waals surface area contributed by atoms with Gasteiger partial charge in [0.25, 0.3) is 0 Å². The summed E-state index contributed by atoms with van der Waals surface area (Å²) in [6.45, 7) is 3.15. The number of hydrogen-bond donors (Lipinski definition) is 0. The molecule has 0 heterocycles. The highest BCUT2D eigenvalue weighted by Gasteiger charge is 2.21. The van der Waals surface area contributed by atoms with E-state index in [2.05, 4.69) is 18.0 Å². The Kier molecular flexibility index (Phi) is 5.29. The summed E-state index contributed by atoms with van der Waals surface area (Å²) in [4.78, 5) is 4.54. The summed E-state index contributed by atoms with van der Waals surface area (Å²) in [5, 5.41) is 8.85. The number of hydrogen-bond acceptors (Lipinski definition) is 2. The minimum absolute atomic E-state index is 0.140. The summed E-state index contributed by atoms with van der Waals surface area (Å²) < 4.78 is 0. The van der Waals surface area contributed by atoms with Crippen molar-refractivity contribution in [2.24, 2.45) is 10.9 Å². The van der Waals surface area contributed by atoms with Gasteiger partial charge in [0.05, 0.1) is 12.0 Å². The fourth-order valence-corrected chi connectivity index (χ4v) is 1.92. The number of aliphatic imine (C=N–C) groups is 1. The van der Waals surface area contributed by atoms with Crippen molar-refractivity contribution in [2.45, 2.75) is 51.9 Å². The number of nitrogens with zero attached hydrogens (tertiary/aromatic N) is 2. The highest BCUT2D eigenvalue weighted by molar-refractivity contribution is 5.90. The van der Waals surface area contributed by atoms with Gasteiger partial charge < -0.3 is 0 Å². The smallest absolute Gasteiger partial charge is 0.0841 e. The lowest BCUT2D eigenvalue weighted by atomic mass is 10.1. The highest BCUT2D eigenvalue weighted by Crippen LogP contribution is 2.21. The van der Waals surface area contributed by atoms with Crippen molar-refractivity contribution < 1.29 is 0 Å². The molecule has 0 aromatic heterocycles. The van der Waals surface area contributed by atoms with Crippen molar-refractivity contribution in [1.29, 1.82) is 5.26 Å². The van der Waals surface area contributed by atoms with E-state index in [4.69, 9.17) is 5.26 Å². The van der Waals surface area contributed by atoms with E-state index in [1.165, 1.54) is 31.4 Å². The third kappa shape index (κ3) is 3.49. The number of nitriles is 1. The molecule has 14 heavy (non-hydrogen) atoms. The van der Waals surface area contributed by atoms with Crippen molar-refractivity contribution >= 4 is 5.71 Å². The summed E-state index contributed by atoms with van der Waals surface area (Å²) in [6.07, 6.45) is 8.31. The first-order valence-electron chi connectivity index (χ1n) is 5.81. The standard InChI is InChI=1S/C12H20N2/c1-2-3-4-5-9-14-12-8-6-7-11(12)10-13/h11H,2-9H2,1H3. The molecule has 78 valence electrons. The van der Waals surface area contributed by atoms with Crippen molar-refractivity contribution in [3.05, 3.63) is 0 Å². The molecule has 1 rings (SSSR count). The van der Waals surface area contributed by atoms with E-state index in [1.807, 2.05) is 0 Å². The Hall–Kier alpha value is -0.840. The van der Waals surface area contributed by atoms with Gasteiger partial charge in [0.1, 0.15) is 0 Å². The summed E-state index contributed by atoms with van der Waals surface area (Å²) in [5.41, 5.74) is 1.17. The second-order valence-corrected chi connectivity index (χ2v) is 4.01. The predicted octanol–water partition coefficient (Wildman–Crippen LogP) is 3.33. The number of rotatable bonds is 5. The maximum Gasteiger partial charge on any atom is 0.0841 e. The molecule has 0 bridgehead atoms. The van der Waals surface area contributed by atoms with Crippen LogP contribution in [0.2, 0.25) is 0 Å². The van der Waals surface area contributed by atoms with Crippen LogP contribution in [0.4, 0.5) is 0 Å².